The number of fused-ring (bicyclic) bond motifs is 1. The van der Waals surface area contributed by atoms with E-state index in [2.05, 4.69) is 4.90 Å². The van der Waals surface area contributed by atoms with E-state index >= 15 is 0 Å². The Hall–Kier alpha value is -2.78. The third-order valence-electron chi connectivity index (χ3n) is 5.53. The molecule has 172 valence electrons. The molecule has 0 radical (unpaired) electrons. The maximum atomic E-state index is 12.6. The average molecular weight is 471 g/mol. The topological polar surface area (TPSA) is 81.1 Å². The molecular weight excluding hydrogens is 449 g/mol. The smallest absolute Gasteiger partial charge is 0.490 e. The van der Waals surface area contributed by atoms with E-state index in [0.29, 0.717) is 29.2 Å². The third kappa shape index (κ3) is 6.14. The fraction of sp³-hybridized carbons (Fsp3) is 0.364. The Balaban J connectivity index is 0.000000360. The number of carboxylic acid groups (broad SMARTS) is 1. The Bertz CT molecular complexity index is 951. The molecule has 0 aromatic heterocycles. The van der Waals surface area contributed by atoms with Gasteiger partial charge in [-0.25, -0.2) is 4.79 Å². The first-order valence-corrected chi connectivity index (χ1v) is 10.2. The van der Waals surface area contributed by atoms with Crippen LogP contribution in [0.5, 0.6) is 5.75 Å². The minimum atomic E-state index is -5.08. The quantitative estimate of drug-likeness (QED) is 0.714. The SMILES string of the molecule is O=C(Cc1ccc(Cl)cc1)N1CC2CN(Cc3ccc(O)cc3)C2C1.O=C(O)C(F)(F)F. The Morgan fingerprint density at radius 1 is 0.969 bits per heavy atom. The van der Waals surface area contributed by atoms with E-state index in [1.165, 1.54) is 5.56 Å². The number of phenols is 1. The summed E-state index contributed by atoms with van der Waals surface area (Å²) in [5, 5.41) is 17.2. The van der Waals surface area contributed by atoms with Crippen LogP contribution in [-0.4, -0.2) is 63.7 Å². The Labute approximate surface area is 187 Å². The van der Waals surface area contributed by atoms with Gasteiger partial charge in [0, 0.05) is 43.2 Å². The van der Waals surface area contributed by atoms with Gasteiger partial charge in [-0.3, -0.25) is 9.69 Å². The first-order chi connectivity index (χ1) is 15.0. The van der Waals surface area contributed by atoms with Crippen molar-refractivity contribution in [1.29, 1.82) is 0 Å². The van der Waals surface area contributed by atoms with Gasteiger partial charge in [0.05, 0.1) is 6.42 Å². The lowest BCUT2D eigenvalue weighted by Crippen LogP contribution is -2.54. The number of carbonyl (C=O) groups is 2. The molecule has 2 aromatic rings. The van der Waals surface area contributed by atoms with Crippen LogP contribution in [0.25, 0.3) is 0 Å². The average Bonchev–Trinajstić information content (AvgIpc) is 3.06. The summed E-state index contributed by atoms with van der Waals surface area (Å²) in [5.74, 6) is -1.68. The highest BCUT2D eigenvalue weighted by Gasteiger charge is 2.46. The van der Waals surface area contributed by atoms with Gasteiger partial charge in [-0.2, -0.15) is 13.2 Å². The summed E-state index contributed by atoms with van der Waals surface area (Å²) in [7, 11) is 0. The first-order valence-electron chi connectivity index (χ1n) is 9.87. The standard InChI is InChI=1S/C20H21ClN2O2.C2HF3O2/c21-17-5-1-14(2-6-17)9-20(25)23-12-16-11-22(19(16)13-23)10-15-3-7-18(24)8-4-15;3-2(4,5)1(6)7/h1-8,16,19,24H,9-13H2;(H,6,7). The normalized spacial score (nSPS) is 20.1. The number of benzene rings is 2. The lowest BCUT2D eigenvalue weighted by atomic mass is 9.91. The predicted octanol–water partition coefficient (Wildman–Crippen LogP) is 3.56. The molecule has 2 saturated heterocycles. The second-order valence-corrected chi connectivity index (χ2v) is 8.26. The zero-order valence-electron chi connectivity index (χ0n) is 16.9. The van der Waals surface area contributed by atoms with Crippen LogP contribution < -0.4 is 0 Å². The molecule has 2 aliphatic rings. The molecule has 0 aliphatic carbocycles. The van der Waals surface area contributed by atoms with Gasteiger partial charge in [0.15, 0.2) is 0 Å². The summed E-state index contributed by atoms with van der Waals surface area (Å²) in [6.45, 7) is 3.59. The Morgan fingerprint density at radius 3 is 2.09 bits per heavy atom. The minimum Gasteiger partial charge on any atom is -0.508 e. The summed E-state index contributed by atoms with van der Waals surface area (Å²) in [6, 6.07) is 15.3. The molecule has 4 rings (SSSR count). The molecule has 2 aromatic carbocycles. The molecule has 2 aliphatic heterocycles. The number of hydrogen-bond donors (Lipinski definition) is 2. The lowest BCUT2D eigenvalue weighted by Gasteiger charge is -2.43. The van der Waals surface area contributed by atoms with Gasteiger partial charge >= 0.3 is 12.1 Å². The summed E-state index contributed by atoms with van der Waals surface area (Å²) >= 11 is 5.90. The van der Waals surface area contributed by atoms with Crippen molar-refractivity contribution < 1.29 is 33.0 Å². The molecule has 1 amide bonds. The number of carboxylic acids is 1. The second kappa shape index (κ2) is 9.79. The molecule has 32 heavy (non-hydrogen) atoms. The molecule has 2 N–H and O–H groups in total. The van der Waals surface area contributed by atoms with Gasteiger partial charge in [0.25, 0.3) is 0 Å². The molecule has 2 fully saturated rings. The van der Waals surface area contributed by atoms with E-state index in [9.17, 15) is 23.1 Å². The van der Waals surface area contributed by atoms with Crippen molar-refractivity contribution in [1.82, 2.24) is 9.80 Å². The van der Waals surface area contributed by atoms with Crippen molar-refractivity contribution in [2.75, 3.05) is 19.6 Å². The number of nitrogens with zero attached hydrogens (tertiary/aromatic N) is 2. The van der Waals surface area contributed by atoms with Gasteiger partial charge in [-0.1, -0.05) is 35.9 Å². The molecule has 0 bridgehead atoms. The molecule has 6 nitrogen and oxygen atoms in total. The van der Waals surface area contributed by atoms with Crippen LogP contribution in [0.15, 0.2) is 48.5 Å². The van der Waals surface area contributed by atoms with E-state index in [0.717, 1.165) is 31.7 Å². The molecular formula is C22H22ClF3N2O4. The summed E-state index contributed by atoms with van der Waals surface area (Å²) < 4.78 is 31.7. The number of amides is 1. The number of alkyl halides is 3. The van der Waals surface area contributed by atoms with E-state index in [1.54, 1.807) is 12.1 Å². The fourth-order valence-electron chi connectivity index (χ4n) is 3.86. The van der Waals surface area contributed by atoms with Crippen molar-refractivity contribution in [2.45, 2.75) is 25.2 Å². The summed E-state index contributed by atoms with van der Waals surface area (Å²) in [5.41, 5.74) is 2.21. The van der Waals surface area contributed by atoms with E-state index in [1.807, 2.05) is 41.3 Å². The highest BCUT2D eigenvalue weighted by atomic mass is 35.5. The van der Waals surface area contributed by atoms with Crippen molar-refractivity contribution in [3.8, 4) is 5.75 Å². The van der Waals surface area contributed by atoms with Crippen LogP contribution in [0, 0.1) is 5.92 Å². The molecule has 10 heteroatoms. The number of halogens is 4. The zero-order chi connectivity index (χ0) is 23.5. The number of hydrogen-bond acceptors (Lipinski definition) is 4. The van der Waals surface area contributed by atoms with Crippen molar-refractivity contribution in [3.05, 3.63) is 64.7 Å². The third-order valence-corrected chi connectivity index (χ3v) is 5.78. The number of carbonyl (C=O) groups excluding carboxylic acids is 1. The number of aromatic hydroxyl groups is 1. The summed E-state index contributed by atoms with van der Waals surface area (Å²) in [4.78, 5) is 25.9. The maximum absolute atomic E-state index is 12.6. The van der Waals surface area contributed by atoms with Gasteiger partial charge in [0.1, 0.15) is 5.75 Å². The van der Waals surface area contributed by atoms with Crippen LogP contribution in [0.2, 0.25) is 5.02 Å². The van der Waals surface area contributed by atoms with Crippen molar-refractivity contribution in [3.63, 3.8) is 0 Å². The van der Waals surface area contributed by atoms with Crippen LogP contribution in [0.3, 0.4) is 0 Å². The molecule has 2 heterocycles. The molecule has 2 unspecified atom stereocenters. The molecule has 2 atom stereocenters. The molecule has 0 saturated carbocycles. The second-order valence-electron chi connectivity index (χ2n) is 7.83. The lowest BCUT2D eigenvalue weighted by molar-refractivity contribution is -0.192. The Kier molecular flexibility index (Phi) is 7.30. The number of rotatable bonds is 4. The number of aliphatic carboxylic acids is 1. The number of likely N-dealkylation sites (tertiary alicyclic amines) is 2. The highest BCUT2D eigenvalue weighted by molar-refractivity contribution is 6.30. The van der Waals surface area contributed by atoms with Gasteiger partial charge in [-0.05, 0) is 35.4 Å². The fourth-order valence-corrected chi connectivity index (χ4v) is 3.98. The molecule has 0 spiro atoms. The first kappa shape index (κ1) is 23.9. The van der Waals surface area contributed by atoms with Gasteiger partial charge in [0.2, 0.25) is 5.91 Å². The summed E-state index contributed by atoms with van der Waals surface area (Å²) in [6.07, 6.45) is -4.64. The van der Waals surface area contributed by atoms with Crippen LogP contribution >= 0.6 is 11.6 Å². The largest absolute Gasteiger partial charge is 0.508 e. The Morgan fingerprint density at radius 2 is 1.53 bits per heavy atom. The highest BCUT2D eigenvalue weighted by Crippen LogP contribution is 2.34. The zero-order valence-corrected chi connectivity index (χ0v) is 17.7. The minimum absolute atomic E-state index is 0.196. The van der Waals surface area contributed by atoms with Crippen LogP contribution in [-0.2, 0) is 22.6 Å². The van der Waals surface area contributed by atoms with E-state index in [-0.39, 0.29) is 5.91 Å². The van der Waals surface area contributed by atoms with E-state index in [4.69, 9.17) is 21.5 Å². The van der Waals surface area contributed by atoms with E-state index < -0.39 is 12.1 Å². The monoisotopic (exact) mass is 470 g/mol. The van der Waals surface area contributed by atoms with Crippen molar-refractivity contribution >= 4 is 23.5 Å². The maximum Gasteiger partial charge on any atom is 0.490 e. The van der Waals surface area contributed by atoms with Gasteiger partial charge < -0.3 is 15.1 Å². The number of phenolic OH excluding ortho intramolecular Hbond substituents is 1. The van der Waals surface area contributed by atoms with Crippen molar-refractivity contribution in [2.24, 2.45) is 5.92 Å². The predicted molar refractivity (Wildman–Crippen MR) is 111 cm³/mol. The van der Waals surface area contributed by atoms with Crippen LogP contribution in [0.4, 0.5) is 13.2 Å². The van der Waals surface area contributed by atoms with Crippen LogP contribution in [0.1, 0.15) is 11.1 Å². The van der Waals surface area contributed by atoms with Gasteiger partial charge in [-0.15, -0.1) is 0 Å².